The maximum atomic E-state index is 12.4. The fourth-order valence-electron chi connectivity index (χ4n) is 2.13. The van der Waals surface area contributed by atoms with Gasteiger partial charge >= 0.3 is 0 Å². The third-order valence-corrected chi connectivity index (χ3v) is 5.30. The molecule has 0 rings (SSSR count). The van der Waals surface area contributed by atoms with Crippen LogP contribution < -0.4 is 5.32 Å². The predicted octanol–water partition coefficient (Wildman–Crippen LogP) is 1.45. The quantitative estimate of drug-likeness (QED) is 0.554. The largest absolute Gasteiger partial charge is 0.383 e. The maximum absolute atomic E-state index is 12.4. The Morgan fingerprint density at radius 3 is 2.32 bits per heavy atom. The smallest absolute Gasteiger partial charge is 0.214 e. The second-order valence-electron chi connectivity index (χ2n) is 4.70. The fraction of sp³-hybridized carbons (Fsp3) is 1.00. The number of methoxy groups -OCH3 is 1. The number of nitrogens with zero attached hydrogens (tertiary/aromatic N) is 1. The molecule has 0 aliphatic heterocycles. The molecule has 0 amide bonds. The van der Waals surface area contributed by atoms with Crippen molar-refractivity contribution in [3.05, 3.63) is 0 Å². The number of ether oxygens (including phenoxy) is 1. The molecule has 0 heterocycles. The molecule has 0 aromatic carbocycles. The SMILES string of the molecule is CCC(CC)N(CCOC)S(=O)(=O)CCCCNC. The molecule has 19 heavy (non-hydrogen) atoms. The molecule has 0 bridgehead atoms. The van der Waals surface area contributed by atoms with Gasteiger partial charge in [0.1, 0.15) is 0 Å². The van der Waals surface area contributed by atoms with E-state index in [-0.39, 0.29) is 11.8 Å². The van der Waals surface area contributed by atoms with Crippen LogP contribution in [0.5, 0.6) is 0 Å². The average molecular weight is 294 g/mol. The van der Waals surface area contributed by atoms with Crippen molar-refractivity contribution in [2.75, 3.05) is 39.6 Å². The first-order valence-electron chi connectivity index (χ1n) is 7.16. The number of sulfonamides is 1. The molecule has 0 atom stereocenters. The minimum atomic E-state index is -3.17. The fourth-order valence-corrected chi connectivity index (χ4v) is 4.04. The van der Waals surface area contributed by atoms with Crippen LogP contribution in [0.1, 0.15) is 39.5 Å². The first-order valence-corrected chi connectivity index (χ1v) is 8.77. The van der Waals surface area contributed by atoms with Crippen LogP contribution >= 0.6 is 0 Å². The Morgan fingerprint density at radius 1 is 1.21 bits per heavy atom. The topological polar surface area (TPSA) is 58.6 Å². The Labute approximate surface area is 118 Å². The monoisotopic (exact) mass is 294 g/mol. The molecule has 0 unspecified atom stereocenters. The zero-order valence-electron chi connectivity index (χ0n) is 12.8. The summed E-state index contributed by atoms with van der Waals surface area (Å²) in [6.45, 7) is 5.83. The minimum absolute atomic E-state index is 0.0875. The third-order valence-electron chi connectivity index (χ3n) is 3.30. The summed E-state index contributed by atoms with van der Waals surface area (Å²) >= 11 is 0. The summed E-state index contributed by atoms with van der Waals surface area (Å²) in [5.74, 6) is 0.231. The van der Waals surface area contributed by atoms with Crippen LogP contribution in [0.25, 0.3) is 0 Å². The summed E-state index contributed by atoms with van der Waals surface area (Å²) < 4.78 is 31.5. The molecular weight excluding hydrogens is 264 g/mol. The van der Waals surface area contributed by atoms with Crippen molar-refractivity contribution >= 4 is 10.0 Å². The second kappa shape index (κ2) is 10.6. The number of rotatable bonds is 12. The first kappa shape index (κ1) is 18.8. The van der Waals surface area contributed by atoms with Gasteiger partial charge in [-0.1, -0.05) is 13.8 Å². The lowest BCUT2D eigenvalue weighted by molar-refractivity contribution is 0.163. The van der Waals surface area contributed by atoms with Gasteiger partial charge in [0.25, 0.3) is 0 Å². The molecule has 0 saturated heterocycles. The summed E-state index contributed by atoms with van der Waals surface area (Å²) in [6, 6.07) is 0.0875. The zero-order chi connectivity index (χ0) is 14.7. The van der Waals surface area contributed by atoms with Gasteiger partial charge in [-0.3, -0.25) is 0 Å². The molecule has 0 radical (unpaired) electrons. The van der Waals surface area contributed by atoms with Crippen LogP contribution in [0.4, 0.5) is 0 Å². The highest BCUT2D eigenvalue weighted by atomic mass is 32.2. The number of hydrogen-bond donors (Lipinski definition) is 1. The third kappa shape index (κ3) is 7.25. The van der Waals surface area contributed by atoms with Gasteiger partial charge in [0, 0.05) is 19.7 Å². The van der Waals surface area contributed by atoms with Crippen molar-refractivity contribution < 1.29 is 13.2 Å². The zero-order valence-corrected chi connectivity index (χ0v) is 13.6. The van der Waals surface area contributed by atoms with Gasteiger partial charge in [-0.05, 0) is 39.3 Å². The van der Waals surface area contributed by atoms with E-state index in [4.69, 9.17) is 4.74 Å². The van der Waals surface area contributed by atoms with Crippen LogP contribution in [-0.2, 0) is 14.8 Å². The van der Waals surface area contributed by atoms with Crippen molar-refractivity contribution in [1.29, 1.82) is 0 Å². The van der Waals surface area contributed by atoms with E-state index in [0.29, 0.717) is 19.6 Å². The molecule has 116 valence electrons. The number of nitrogens with one attached hydrogen (secondary N) is 1. The molecule has 0 aromatic heterocycles. The first-order chi connectivity index (χ1) is 9.03. The van der Waals surface area contributed by atoms with Crippen molar-refractivity contribution in [2.24, 2.45) is 0 Å². The van der Waals surface area contributed by atoms with Crippen LogP contribution in [0, 0.1) is 0 Å². The molecule has 6 heteroatoms. The Kier molecular flexibility index (Phi) is 10.5. The highest BCUT2D eigenvalue weighted by molar-refractivity contribution is 7.89. The average Bonchev–Trinajstić information content (AvgIpc) is 2.39. The van der Waals surface area contributed by atoms with Crippen molar-refractivity contribution in [3.63, 3.8) is 0 Å². The molecule has 0 aliphatic rings. The van der Waals surface area contributed by atoms with E-state index < -0.39 is 10.0 Å². The van der Waals surface area contributed by atoms with Gasteiger partial charge in [-0.25, -0.2) is 8.42 Å². The summed E-state index contributed by atoms with van der Waals surface area (Å²) in [6.07, 6.45) is 3.27. The number of unbranched alkanes of at least 4 members (excludes halogenated alkanes) is 1. The van der Waals surface area contributed by atoms with Crippen LogP contribution in [-0.4, -0.2) is 58.4 Å². The van der Waals surface area contributed by atoms with Crippen molar-refractivity contribution in [2.45, 2.75) is 45.6 Å². The molecule has 0 aromatic rings. The van der Waals surface area contributed by atoms with Gasteiger partial charge in [0.15, 0.2) is 0 Å². The van der Waals surface area contributed by atoms with Gasteiger partial charge in [0.2, 0.25) is 10.0 Å². The molecule has 5 nitrogen and oxygen atoms in total. The molecule has 0 aliphatic carbocycles. The van der Waals surface area contributed by atoms with Gasteiger partial charge < -0.3 is 10.1 Å². The minimum Gasteiger partial charge on any atom is -0.383 e. The molecule has 0 saturated carbocycles. The van der Waals surface area contributed by atoms with E-state index in [9.17, 15) is 8.42 Å². The predicted molar refractivity (Wildman–Crippen MR) is 79.9 cm³/mol. The van der Waals surface area contributed by atoms with Crippen LogP contribution in [0.2, 0.25) is 0 Å². The van der Waals surface area contributed by atoms with Crippen molar-refractivity contribution in [1.82, 2.24) is 9.62 Å². The lowest BCUT2D eigenvalue weighted by Crippen LogP contribution is -2.43. The highest BCUT2D eigenvalue weighted by Crippen LogP contribution is 2.15. The Hall–Kier alpha value is -0.170. The van der Waals surface area contributed by atoms with Gasteiger partial charge in [-0.2, -0.15) is 4.31 Å². The van der Waals surface area contributed by atoms with Crippen LogP contribution in [0.15, 0.2) is 0 Å². The molecule has 0 fully saturated rings. The van der Waals surface area contributed by atoms with E-state index >= 15 is 0 Å². The molecular formula is C13H30N2O3S. The van der Waals surface area contributed by atoms with Gasteiger partial charge in [-0.15, -0.1) is 0 Å². The normalized spacial score (nSPS) is 12.5. The lowest BCUT2D eigenvalue weighted by Gasteiger charge is -2.29. The summed E-state index contributed by atoms with van der Waals surface area (Å²) in [5.41, 5.74) is 0. The Balaban J connectivity index is 4.61. The summed E-state index contributed by atoms with van der Waals surface area (Å²) in [5, 5.41) is 3.03. The summed E-state index contributed by atoms with van der Waals surface area (Å²) in [7, 11) is 0.307. The van der Waals surface area contributed by atoms with E-state index in [0.717, 1.165) is 25.8 Å². The highest BCUT2D eigenvalue weighted by Gasteiger charge is 2.27. The standard InChI is InChI=1S/C13H30N2O3S/c1-5-13(6-2)15(10-11-18-4)19(16,17)12-8-7-9-14-3/h13-14H,5-12H2,1-4H3. The molecule has 0 spiro atoms. The summed E-state index contributed by atoms with van der Waals surface area (Å²) in [4.78, 5) is 0. The van der Waals surface area contributed by atoms with E-state index in [1.165, 1.54) is 0 Å². The Morgan fingerprint density at radius 2 is 1.84 bits per heavy atom. The number of hydrogen-bond acceptors (Lipinski definition) is 4. The lowest BCUT2D eigenvalue weighted by atomic mass is 10.2. The second-order valence-corrected chi connectivity index (χ2v) is 6.74. The van der Waals surface area contributed by atoms with Gasteiger partial charge in [0.05, 0.1) is 12.4 Å². The van der Waals surface area contributed by atoms with Crippen molar-refractivity contribution in [3.8, 4) is 0 Å². The van der Waals surface area contributed by atoms with E-state index in [1.807, 2.05) is 20.9 Å². The van der Waals surface area contributed by atoms with E-state index in [1.54, 1.807) is 11.4 Å². The Bertz CT molecular complexity index is 303. The van der Waals surface area contributed by atoms with E-state index in [2.05, 4.69) is 5.32 Å². The maximum Gasteiger partial charge on any atom is 0.214 e. The molecule has 1 N–H and O–H groups in total. The van der Waals surface area contributed by atoms with Crippen LogP contribution in [0.3, 0.4) is 0 Å².